The summed E-state index contributed by atoms with van der Waals surface area (Å²) in [5, 5.41) is 2.83. The molecule has 0 radical (unpaired) electrons. The molecule has 0 spiro atoms. The number of benzene rings is 2. The van der Waals surface area contributed by atoms with Crippen molar-refractivity contribution in [2.45, 2.75) is 59.7 Å². The monoisotopic (exact) mass is 491 g/mol. The number of carbonyl (C=O) groups excluding carboxylic acids is 2. The van der Waals surface area contributed by atoms with Crippen LogP contribution in [0.5, 0.6) is 0 Å². The zero-order chi connectivity index (χ0) is 25.8. The average Bonchev–Trinajstić information content (AvgIpc) is 2.70. The van der Waals surface area contributed by atoms with Gasteiger partial charge in [-0.15, -0.1) is 0 Å². The number of anilines is 1. The quantitative estimate of drug-likeness (QED) is 0.612. The number of nitrogens with one attached hydrogen (secondary N) is 1. The van der Waals surface area contributed by atoms with Crippen LogP contribution in [0.2, 0.25) is 0 Å². The van der Waals surface area contributed by atoms with E-state index in [1.54, 1.807) is 32.0 Å². The minimum absolute atomic E-state index is 0.186. The molecule has 2 amide bonds. The molecule has 0 fully saturated rings. The molecule has 0 aliphatic rings. The van der Waals surface area contributed by atoms with Crippen molar-refractivity contribution in [2.24, 2.45) is 0 Å². The standard InChI is InChI=1S/C25H34FN3O4S/c1-17-12-13-18(2)22(14-17)29(34(7,32)33)16-23(30)28(15-20-10-8-9-11-21(20)26)19(3)24(31)27-25(4,5)6/h8-14,19H,15-16H2,1-7H3,(H,27,31)/t19-/m0/s1. The van der Waals surface area contributed by atoms with Crippen LogP contribution in [0.25, 0.3) is 0 Å². The molecule has 0 saturated heterocycles. The SMILES string of the molecule is Cc1ccc(C)c(N(CC(=O)N(Cc2ccccc2F)[C@@H](C)C(=O)NC(C)(C)C)S(C)(=O)=O)c1. The highest BCUT2D eigenvalue weighted by Gasteiger charge is 2.32. The molecule has 186 valence electrons. The molecule has 0 aliphatic heterocycles. The predicted molar refractivity (Wildman–Crippen MR) is 132 cm³/mol. The summed E-state index contributed by atoms with van der Waals surface area (Å²) < 4.78 is 40.8. The Bertz CT molecular complexity index is 1160. The van der Waals surface area contributed by atoms with Gasteiger partial charge in [-0.1, -0.05) is 30.3 Å². The minimum Gasteiger partial charge on any atom is -0.350 e. The molecule has 0 saturated carbocycles. The Balaban J connectivity index is 2.47. The normalized spacial score (nSPS) is 12.7. The van der Waals surface area contributed by atoms with Crippen molar-refractivity contribution in [3.8, 4) is 0 Å². The number of hydrogen-bond donors (Lipinski definition) is 1. The van der Waals surface area contributed by atoms with Gasteiger partial charge in [-0.25, -0.2) is 12.8 Å². The van der Waals surface area contributed by atoms with E-state index in [1.807, 2.05) is 33.8 Å². The lowest BCUT2D eigenvalue weighted by Crippen LogP contribution is -2.54. The molecule has 2 aromatic carbocycles. The summed E-state index contributed by atoms with van der Waals surface area (Å²) >= 11 is 0. The molecule has 0 aromatic heterocycles. The molecule has 2 aromatic rings. The first-order valence-corrected chi connectivity index (χ1v) is 12.8. The fraction of sp³-hybridized carbons (Fsp3) is 0.440. The number of nitrogens with zero attached hydrogens (tertiary/aromatic N) is 2. The maximum Gasteiger partial charge on any atom is 0.244 e. The van der Waals surface area contributed by atoms with E-state index in [-0.39, 0.29) is 12.1 Å². The first-order valence-electron chi connectivity index (χ1n) is 11.0. The Morgan fingerprint density at radius 2 is 1.71 bits per heavy atom. The van der Waals surface area contributed by atoms with Gasteiger partial charge in [-0.05, 0) is 64.8 Å². The molecule has 0 unspecified atom stereocenters. The number of sulfonamides is 1. The van der Waals surface area contributed by atoms with Crippen molar-refractivity contribution in [1.29, 1.82) is 0 Å². The lowest BCUT2D eigenvalue weighted by atomic mass is 10.1. The molecule has 7 nitrogen and oxygen atoms in total. The lowest BCUT2D eigenvalue weighted by molar-refractivity contribution is -0.140. The number of rotatable bonds is 8. The molecule has 0 bridgehead atoms. The zero-order valence-electron chi connectivity index (χ0n) is 20.8. The summed E-state index contributed by atoms with van der Waals surface area (Å²) in [4.78, 5) is 27.6. The first-order chi connectivity index (χ1) is 15.6. The van der Waals surface area contributed by atoms with Crippen LogP contribution in [-0.4, -0.2) is 49.5 Å². The first kappa shape index (κ1) is 27.3. The Hall–Kier alpha value is -2.94. The van der Waals surface area contributed by atoms with Gasteiger partial charge in [0.05, 0.1) is 11.9 Å². The van der Waals surface area contributed by atoms with Crippen LogP contribution in [0, 0.1) is 19.7 Å². The van der Waals surface area contributed by atoms with Gasteiger partial charge in [0.25, 0.3) is 0 Å². The van der Waals surface area contributed by atoms with E-state index in [1.165, 1.54) is 23.1 Å². The predicted octanol–water partition coefficient (Wildman–Crippen LogP) is 3.54. The second kappa shape index (κ2) is 10.5. The van der Waals surface area contributed by atoms with Crippen molar-refractivity contribution in [3.05, 3.63) is 65.0 Å². The van der Waals surface area contributed by atoms with Crippen LogP contribution in [-0.2, 0) is 26.2 Å². The summed E-state index contributed by atoms with van der Waals surface area (Å²) in [6.45, 7) is 9.86. The van der Waals surface area contributed by atoms with Gasteiger partial charge in [0.1, 0.15) is 18.4 Å². The molecular formula is C25H34FN3O4S. The van der Waals surface area contributed by atoms with Gasteiger partial charge in [0.2, 0.25) is 21.8 Å². The molecule has 2 rings (SSSR count). The Labute approximate surface area is 202 Å². The highest BCUT2D eigenvalue weighted by molar-refractivity contribution is 7.92. The molecule has 1 N–H and O–H groups in total. The third-order valence-corrected chi connectivity index (χ3v) is 6.40. The van der Waals surface area contributed by atoms with E-state index in [4.69, 9.17) is 0 Å². The van der Waals surface area contributed by atoms with Crippen molar-refractivity contribution in [1.82, 2.24) is 10.2 Å². The molecule has 0 aliphatic carbocycles. The molecule has 1 atom stereocenters. The number of aryl methyl sites for hydroxylation is 2. The zero-order valence-corrected chi connectivity index (χ0v) is 21.7. The van der Waals surface area contributed by atoms with Crippen molar-refractivity contribution in [3.63, 3.8) is 0 Å². The van der Waals surface area contributed by atoms with Gasteiger partial charge in [0.15, 0.2) is 0 Å². The largest absolute Gasteiger partial charge is 0.350 e. The summed E-state index contributed by atoms with van der Waals surface area (Å²) in [6, 6.07) is 10.3. The summed E-state index contributed by atoms with van der Waals surface area (Å²) in [5.74, 6) is -1.56. The number of hydrogen-bond acceptors (Lipinski definition) is 4. The highest BCUT2D eigenvalue weighted by Crippen LogP contribution is 2.25. The summed E-state index contributed by atoms with van der Waals surface area (Å²) in [6.07, 6.45) is 1.03. The fourth-order valence-electron chi connectivity index (χ4n) is 3.45. The Morgan fingerprint density at radius 1 is 1.09 bits per heavy atom. The maximum absolute atomic E-state index is 14.4. The smallest absolute Gasteiger partial charge is 0.244 e. The second-order valence-electron chi connectivity index (χ2n) is 9.59. The van der Waals surface area contributed by atoms with Gasteiger partial charge in [0, 0.05) is 17.6 Å². The third kappa shape index (κ3) is 7.28. The molecule has 0 heterocycles. The van der Waals surface area contributed by atoms with Crippen molar-refractivity contribution < 1.29 is 22.4 Å². The van der Waals surface area contributed by atoms with Gasteiger partial charge < -0.3 is 10.2 Å². The van der Waals surface area contributed by atoms with Gasteiger partial charge in [-0.3, -0.25) is 13.9 Å². The highest BCUT2D eigenvalue weighted by atomic mass is 32.2. The molecular weight excluding hydrogens is 457 g/mol. The lowest BCUT2D eigenvalue weighted by Gasteiger charge is -2.33. The third-order valence-electron chi connectivity index (χ3n) is 5.28. The van der Waals surface area contributed by atoms with Crippen LogP contribution in [0.15, 0.2) is 42.5 Å². The summed E-state index contributed by atoms with van der Waals surface area (Å²) in [7, 11) is -3.83. The van der Waals surface area contributed by atoms with E-state index in [9.17, 15) is 22.4 Å². The average molecular weight is 492 g/mol. The van der Waals surface area contributed by atoms with Gasteiger partial charge >= 0.3 is 0 Å². The molecule has 34 heavy (non-hydrogen) atoms. The van der Waals surface area contributed by atoms with Crippen LogP contribution in [0.1, 0.15) is 44.4 Å². The van der Waals surface area contributed by atoms with Crippen LogP contribution in [0.4, 0.5) is 10.1 Å². The van der Waals surface area contributed by atoms with E-state index in [0.29, 0.717) is 11.3 Å². The second-order valence-corrected chi connectivity index (χ2v) is 11.5. The number of carbonyl (C=O) groups is 2. The Morgan fingerprint density at radius 3 is 2.26 bits per heavy atom. The van der Waals surface area contributed by atoms with Crippen LogP contribution in [0.3, 0.4) is 0 Å². The topological polar surface area (TPSA) is 86.8 Å². The van der Waals surface area contributed by atoms with E-state index >= 15 is 0 Å². The van der Waals surface area contributed by atoms with Gasteiger partial charge in [-0.2, -0.15) is 0 Å². The molecule has 9 heteroatoms. The van der Waals surface area contributed by atoms with Crippen molar-refractivity contribution in [2.75, 3.05) is 17.1 Å². The van der Waals surface area contributed by atoms with Crippen molar-refractivity contribution >= 4 is 27.5 Å². The number of amides is 2. The van der Waals surface area contributed by atoms with E-state index in [2.05, 4.69) is 5.32 Å². The van der Waals surface area contributed by atoms with Crippen LogP contribution < -0.4 is 9.62 Å². The fourth-order valence-corrected chi connectivity index (χ4v) is 4.35. The summed E-state index contributed by atoms with van der Waals surface area (Å²) in [5.41, 5.74) is 1.58. The Kier molecular flexibility index (Phi) is 8.47. The van der Waals surface area contributed by atoms with E-state index < -0.39 is 45.8 Å². The number of halogens is 1. The van der Waals surface area contributed by atoms with Crippen LogP contribution >= 0.6 is 0 Å². The van der Waals surface area contributed by atoms with E-state index in [0.717, 1.165) is 16.1 Å². The maximum atomic E-state index is 14.4. The minimum atomic E-state index is -3.83.